The Hall–Kier alpha value is -4.25. The number of rotatable bonds is 16. The number of Topliss-reactive ketones (excluding diaryl/α,β-unsaturated/α-hetero) is 1. The van der Waals surface area contributed by atoms with Crippen LogP contribution in [0.25, 0.3) is 0 Å². The molecule has 4 aromatic rings. The Morgan fingerprint density at radius 1 is 0.750 bits per heavy atom. The van der Waals surface area contributed by atoms with Crippen LogP contribution in [0.2, 0.25) is 5.02 Å². The van der Waals surface area contributed by atoms with E-state index in [2.05, 4.69) is 30.9 Å². The van der Waals surface area contributed by atoms with E-state index in [1.165, 1.54) is 6.07 Å². The number of ketones is 1. The quantitative estimate of drug-likeness (QED) is 0.0751. The summed E-state index contributed by atoms with van der Waals surface area (Å²) in [6, 6.07) is 23.5. The van der Waals surface area contributed by atoms with Gasteiger partial charge in [-0.1, -0.05) is 60.1 Å². The number of ether oxygens (including phenoxy) is 2. The predicted molar refractivity (Wildman–Crippen MR) is 156 cm³/mol. The van der Waals surface area contributed by atoms with Crippen molar-refractivity contribution in [3.63, 3.8) is 0 Å². The highest BCUT2D eigenvalue weighted by atomic mass is 35.5. The molecule has 10 nitrogen and oxygen atoms in total. The molecule has 40 heavy (non-hydrogen) atoms. The summed E-state index contributed by atoms with van der Waals surface area (Å²) in [5.41, 5.74) is 2.16. The fraction of sp³-hybridized carbons (Fsp3) is 0.241. The summed E-state index contributed by atoms with van der Waals surface area (Å²) in [6.45, 7) is 2.26. The second-order valence-electron chi connectivity index (χ2n) is 8.63. The molecule has 0 aliphatic heterocycles. The zero-order valence-electron chi connectivity index (χ0n) is 21.8. The zero-order chi connectivity index (χ0) is 28.0. The third-order valence-electron chi connectivity index (χ3n) is 5.56. The normalized spacial score (nSPS) is 10.7. The zero-order valence-corrected chi connectivity index (χ0v) is 22.6. The van der Waals surface area contributed by atoms with Gasteiger partial charge in [0, 0.05) is 36.5 Å². The van der Waals surface area contributed by atoms with Crippen LogP contribution in [0.1, 0.15) is 23.2 Å². The molecule has 11 heteroatoms. The number of aromatic nitrogens is 3. The van der Waals surface area contributed by atoms with E-state index in [9.17, 15) is 9.90 Å². The molecule has 1 aromatic heterocycles. The molecule has 0 spiro atoms. The van der Waals surface area contributed by atoms with Crippen LogP contribution in [0.15, 0.2) is 78.9 Å². The van der Waals surface area contributed by atoms with Crippen LogP contribution in [0.3, 0.4) is 0 Å². The van der Waals surface area contributed by atoms with Crippen molar-refractivity contribution >= 4 is 46.6 Å². The molecular formula is C29H31ClN6O4. The van der Waals surface area contributed by atoms with Crippen molar-refractivity contribution in [2.75, 3.05) is 48.9 Å². The average molecular weight is 563 g/mol. The lowest BCUT2D eigenvalue weighted by atomic mass is 10.1. The molecule has 0 saturated carbocycles. The highest BCUT2D eigenvalue weighted by molar-refractivity contribution is 6.32. The first kappa shape index (κ1) is 28.8. The number of phenols is 1. The molecular weight excluding hydrogens is 532 g/mol. The van der Waals surface area contributed by atoms with E-state index in [1.807, 2.05) is 60.7 Å². The number of hydrogen-bond donors (Lipinski definition) is 4. The number of aromatic hydroxyl groups is 1. The maximum absolute atomic E-state index is 12.1. The van der Waals surface area contributed by atoms with Gasteiger partial charge in [-0.15, -0.1) is 0 Å². The van der Waals surface area contributed by atoms with Crippen LogP contribution in [0.5, 0.6) is 5.75 Å². The number of carbonyl (C=O) groups excluding carboxylic acids is 1. The molecule has 0 bridgehead atoms. The van der Waals surface area contributed by atoms with E-state index in [0.29, 0.717) is 63.4 Å². The fourth-order valence-corrected chi connectivity index (χ4v) is 3.77. The molecule has 4 rings (SSSR count). The SMILES string of the molecule is O=C(CCCOCCOCCNc1nc(Nc2ccccc2)nc(Nc2ccc(O)c(Cl)c2)n1)c1ccccc1. The van der Waals surface area contributed by atoms with Crippen molar-refractivity contribution in [2.45, 2.75) is 12.8 Å². The number of anilines is 5. The summed E-state index contributed by atoms with van der Waals surface area (Å²) in [6.07, 6.45) is 1.12. The van der Waals surface area contributed by atoms with Crippen LogP contribution in [0, 0.1) is 0 Å². The molecule has 0 atom stereocenters. The summed E-state index contributed by atoms with van der Waals surface area (Å²) in [5, 5.41) is 19.3. The van der Waals surface area contributed by atoms with E-state index in [-0.39, 0.29) is 22.5 Å². The van der Waals surface area contributed by atoms with Gasteiger partial charge in [0.2, 0.25) is 17.8 Å². The number of nitrogens with one attached hydrogen (secondary N) is 3. The van der Waals surface area contributed by atoms with E-state index in [4.69, 9.17) is 21.1 Å². The third-order valence-corrected chi connectivity index (χ3v) is 5.86. The minimum absolute atomic E-state index is 0.0137. The molecule has 208 valence electrons. The van der Waals surface area contributed by atoms with E-state index < -0.39 is 0 Å². The minimum Gasteiger partial charge on any atom is -0.506 e. The van der Waals surface area contributed by atoms with Crippen molar-refractivity contribution in [3.8, 4) is 5.75 Å². The lowest BCUT2D eigenvalue weighted by Gasteiger charge is -2.12. The number of halogens is 1. The number of carbonyl (C=O) groups is 1. The maximum atomic E-state index is 12.1. The van der Waals surface area contributed by atoms with Gasteiger partial charge < -0.3 is 30.5 Å². The Kier molecular flexibility index (Phi) is 11.0. The Balaban J connectivity index is 1.20. The van der Waals surface area contributed by atoms with Gasteiger partial charge in [-0.2, -0.15) is 15.0 Å². The summed E-state index contributed by atoms with van der Waals surface area (Å²) in [7, 11) is 0. The number of para-hydroxylation sites is 1. The van der Waals surface area contributed by atoms with Crippen molar-refractivity contribution in [3.05, 3.63) is 89.4 Å². The first-order chi connectivity index (χ1) is 19.6. The van der Waals surface area contributed by atoms with Gasteiger partial charge in [0.15, 0.2) is 5.78 Å². The topological polar surface area (TPSA) is 131 Å². The molecule has 1 heterocycles. The molecule has 0 radical (unpaired) electrons. The summed E-state index contributed by atoms with van der Waals surface area (Å²) < 4.78 is 11.2. The van der Waals surface area contributed by atoms with Crippen LogP contribution in [-0.2, 0) is 9.47 Å². The van der Waals surface area contributed by atoms with Crippen LogP contribution in [0.4, 0.5) is 29.2 Å². The molecule has 3 aromatic carbocycles. The Bertz CT molecular complexity index is 1360. The highest BCUT2D eigenvalue weighted by Gasteiger charge is 2.09. The maximum Gasteiger partial charge on any atom is 0.233 e. The van der Waals surface area contributed by atoms with Gasteiger partial charge in [0.05, 0.1) is 24.8 Å². The van der Waals surface area contributed by atoms with Crippen LogP contribution >= 0.6 is 11.6 Å². The van der Waals surface area contributed by atoms with Gasteiger partial charge in [-0.25, -0.2) is 0 Å². The standard InChI is InChI=1S/C29H31ClN6O4/c30-24-20-23(13-14-26(24)38)33-29-35-27(34-28(36-29)32-22-10-5-2-6-11-22)31-15-17-40-19-18-39-16-7-12-25(37)21-8-3-1-4-9-21/h1-6,8-11,13-14,20,38H,7,12,15-19H2,(H3,31,32,33,34,35,36). The van der Waals surface area contributed by atoms with Crippen molar-refractivity contribution < 1.29 is 19.4 Å². The Morgan fingerprint density at radius 3 is 2.08 bits per heavy atom. The largest absolute Gasteiger partial charge is 0.506 e. The van der Waals surface area contributed by atoms with Gasteiger partial charge in [0.1, 0.15) is 5.75 Å². The summed E-state index contributed by atoms with van der Waals surface area (Å²) in [4.78, 5) is 25.4. The molecule has 4 N–H and O–H groups in total. The number of nitrogens with zero attached hydrogens (tertiary/aromatic N) is 3. The monoisotopic (exact) mass is 562 g/mol. The highest BCUT2D eigenvalue weighted by Crippen LogP contribution is 2.27. The van der Waals surface area contributed by atoms with Gasteiger partial charge in [-0.3, -0.25) is 4.79 Å². The van der Waals surface area contributed by atoms with Crippen molar-refractivity contribution in [2.24, 2.45) is 0 Å². The molecule has 0 unspecified atom stereocenters. The average Bonchev–Trinajstić information content (AvgIpc) is 2.97. The van der Waals surface area contributed by atoms with Crippen LogP contribution < -0.4 is 16.0 Å². The lowest BCUT2D eigenvalue weighted by Crippen LogP contribution is -2.15. The number of hydrogen-bond acceptors (Lipinski definition) is 10. The van der Waals surface area contributed by atoms with E-state index in [0.717, 1.165) is 11.3 Å². The first-order valence-electron chi connectivity index (χ1n) is 12.9. The van der Waals surface area contributed by atoms with Gasteiger partial charge >= 0.3 is 0 Å². The fourth-order valence-electron chi connectivity index (χ4n) is 3.59. The Morgan fingerprint density at radius 2 is 1.38 bits per heavy atom. The number of phenolic OH excluding ortho intramolecular Hbond substituents is 1. The second kappa shape index (κ2) is 15.4. The predicted octanol–water partition coefficient (Wildman–Crippen LogP) is 5.83. The van der Waals surface area contributed by atoms with Crippen molar-refractivity contribution in [1.29, 1.82) is 0 Å². The molecule has 0 amide bonds. The third kappa shape index (κ3) is 9.49. The van der Waals surface area contributed by atoms with E-state index in [1.54, 1.807) is 12.1 Å². The first-order valence-corrected chi connectivity index (χ1v) is 13.3. The van der Waals surface area contributed by atoms with E-state index >= 15 is 0 Å². The second-order valence-corrected chi connectivity index (χ2v) is 9.04. The molecule has 0 fully saturated rings. The smallest absolute Gasteiger partial charge is 0.233 e. The Labute approximate surface area is 237 Å². The van der Waals surface area contributed by atoms with Crippen molar-refractivity contribution in [1.82, 2.24) is 15.0 Å². The molecule has 0 aliphatic rings. The summed E-state index contributed by atoms with van der Waals surface area (Å²) >= 11 is 6.03. The van der Waals surface area contributed by atoms with Crippen LogP contribution in [-0.4, -0.2) is 58.8 Å². The van der Waals surface area contributed by atoms with Gasteiger partial charge in [0.25, 0.3) is 0 Å². The van der Waals surface area contributed by atoms with Gasteiger partial charge in [-0.05, 0) is 36.8 Å². The number of benzene rings is 3. The summed E-state index contributed by atoms with van der Waals surface area (Å²) in [5.74, 6) is 1.09. The minimum atomic E-state index is -0.0137. The lowest BCUT2D eigenvalue weighted by molar-refractivity contribution is 0.0497. The molecule has 0 saturated heterocycles. The molecule has 0 aliphatic carbocycles.